The Kier molecular flexibility index (Phi) is 4.67. The van der Waals surface area contributed by atoms with E-state index in [9.17, 15) is 0 Å². The molecule has 2 aromatic rings. The monoisotopic (exact) mass is 332 g/mol. The summed E-state index contributed by atoms with van der Waals surface area (Å²) < 4.78 is 5.45. The number of benzene rings is 1. The van der Waals surface area contributed by atoms with Crippen molar-refractivity contribution < 1.29 is 4.74 Å². The molecule has 4 heteroatoms. The molecule has 23 heavy (non-hydrogen) atoms. The number of rotatable bonds is 2. The number of ether oxygens (including phenoxy) is 1. The van der Waals surface area contributed by atoms with Crippen molar-refractivity contribution in [2.75, 3.05) is 18.6 Å². The van der Waals surface area contributed by atoms with Crippen LogP contribution in [0.5, 0.6) is 5.75 Å². The summed E-state index contributed by atoms with van der Waals surface area (Å²) in [6.45, 7) is 3.31. The Morgan fingerprint density at radius 3 is 2.70 bits per heavy atom. The number of aromatic nitrogens is 1. The van der Waals surface area contributed by atoms with Gasteiger partial charge in [0.05, 0.1) is 18.3 Å². The lowest BCUT2D eigenvalue weighted by Crippen LogP contribution is -2.35. The molecular formula is C19H25ClN2O. The van der Waals surface area contributed by atoms with Gasteiger partial charge in [-0.2, -0.15) is 0 Å². The molecule has 0 unspecified atom stereocenters. The standard InChI is InChI=1S/C19H24N2O.ClH/c1-13-16-10-11-21(14-6-4-3-5-7-14)19(16)17-12-15(22-2)8-9-18(17)20-13;/h8-9,12,14H,3-7,10-11H2,1-2H3;1H. The molecule has 0 saturated heterocycles. The van der Waals surface area contributed by atoms with Crippen LogP contribution in [0.25, 0.3) is 10.9 Å². The van der Waals surface area contributed by atoms with E-state index >= 15 is 0 Å². The molecule has 1 fully saturated rings. The van der Waals surface area contributed by atoms with Crippen molar-refractivity contribution in [1.29, 1.82) is 0 Å². The SMILES string of the molecule is COc1ccc2nc(C)c3c(c2c1)N(C1CCCCC1)CC3.Cl. The molecule has 1 aromatic carbocycles. The van der Waals surface area contributed by atoms with Crippen LogP contribution in [0.2, 0.25) is 0 Å². The van der Waals surface area contributed by atoms with Gasteiger partial charge in [0.2, 0.25) is 0 Å². The fraction of sp³-hybridized carbons (Fsp3) is 0.526. The van der Waals surface area contributed by atoms with Crippen LogP contribution < -0.4 is 9.64 Å². The van der Waals surface area contributed by atoms with E-state index in [0.717, 1.165) is 24.2 Å². The molecule has 2 heterocycles. The van der Waals surface area contributed by atoms with Crippen molar-refractivity contribution in [3.05, 3.63) is 29.5 Å². The fourth-order valence-corrected chi connectivity index (χ4v) is 4.24. The van der Waals surface area contributed by atoms with Crippen molar-refractivity contribution in [3.8, 4) is 5.75 Å². The first-order valence-electron chi connectivity index (χ1n) is 8.52. The van der Waals surface area contributed by atoms with Crippen LogP contribution in [0, 0.1) is 6.92 Å². The minimum Gasteiger partial charge on any atom is -0.497 e. The zero-order valence-electron chi connectivity index (χ0n) is 14.0. The number of nitrogens with zero attached hydrogens (tertiary/aromatic N) is 2. The Bertz CT molecular complexity index is 710. The van der Waals surface area contributed by atoms with Crippen molar-refractivity contribution in [1.82, 2.24) is 4.98 Å². The van der Waals surface area contributed by atoms with Gasteiger partial charge in [0, 0.05) is 23.7 Å². The number of halogens is 1. The Hall–Kier alpha value is -1.48. The summed E-state index contributed by atoms with van der Waals surface area (Å²) in [5, 5.41) is 1.27. The molecule has 0 radical (unpaired) electrons. The van der Waals surface area contributed by atoms with Gasteiger partial charge >= 0.3 is 0 Å². The van der Waals surface area contributed by atoms with E-state index in [4.69, 9.17) is 9.72 Å². The normalized spacial score (nSPS) is 17.9. The first kappa shape index (κ1) is 16.4. The van der Waals surface area contributed by atoms with E-state index in [1.54, 1.807) is 7.11 Å². The molecule has 1 aliphatic carbocycles. The van der Waals surface area contributed by atoms with Gasteiger partial charge < -0.3 is 9.64 Å². The van der Waals surface area contributed by atoms with Gasteiger partial charge in [-0.05, 0) is 49.9 Å². The van der Waals surface area contributed by atoms with E-state index < -0.39 is 0 Å². The van der Waals surface area contributed by atoms with Crippen LogP contribution >= 0.6 is 12.4 Å². The van der Waals surface area contributed by atoms with Crippen LogP contribution in [0.4, 0.5) is 5.69 Å². The van der Waals surface area contributed by atoms with E-state index in [0.29, 0.717) is 6.04 Å². The zero-order chi connectivity index (χ0) is 15.1. The molecule has 2 aliphatic rings. The average molecular weight is 333 g/mol. The van der Waals surface area contributed by atoms with Gasteiger partial charge in [0.25, 0.3) is 0 Å². The highest BCUT2D eigenvalue weighted by molar-refractivity contribution is 5.96. The maximum absolute atomic E-state index is 5.45. The number of hydrogen-bond donors (Lipinski definition) is 0. The Balaban J connectivity index is 0.00000156. The highest BCUT2D eigenvalue weighted by Crippen LogP contribution is 2.41. The summed E-state index contributed by atoms with van der Waals surface area (Å²) >= 11 is 0. The first-order valence-corrected chi connectivity index (χ1v) is 8.52. The maximum Gasteiger partial charge on any atom is 0.119 e. The lowest BCUT2D eigenvalue weighted by Gasteiger charge is -2.34. The maximum atomic E-state index is 5.45. The van der Waals surface area contributed by atoms with Gasteiger partial charge in [-0.3, -0.25) is 4.98 Å². The number of fused-ring (bicyclic) bond motifs is 3. The van der Waals surface area contributed by atoms with Gasteiger partial charge in [0.1, 0.15) is 5.75 Å². The minimum absolute atomic E-state index is 0. The first-order chi connectivity index (χ1) is 10.8. The predicted octanol–water partition coefficient (Wildman–Crippen LogP) is 4.67. The number of pyridine rings is 1. The number of anilines is 1. The Morgan fingerprint density at radius 1 is 1.17 bits per heavy atom. The molecule has 0 atom stereocenters. The van der Waals surface area contributed by atoms with Crippen molar-refractivity contribution in [2.24, 2.45) is 0 Å². The van der Waals surface area contributed by atoms with Gasteiger partial charge in [-0.15, -0.1) is 12.4 Å². The molecule has 0 spiro atoms. The molecule has 0 N–H and O–H groups in total. The van der Waals surface area contributed by atoms with Gasteiger partial charge in [-0.25, -0.2) is 0 Å². The summed E-state index contributed by atoms with van der Waals surface area (Å²) in [4.78, 5) is 7.49. The molecule has 1 aromatic heterocycles. The Labute approximate surface area is 144 Å². The van der Waals surface area contributed by atoms with Crippen LogP contribution in [0.1, 0.15) is 43.4 Å². The fourth-order valence-electron chi connectivity index (χ4n) is 4.24. The highest BCUT2D eigenvalue weighted by atomic mass is 35.5. The largest absolute Gasteiger partial charge is 0.497 e. The summed E-state index contributed by atoms with van der Waals surface area (Å²) in [6.07, 6.45) is 7.97. The van der Waals surface area contributed by atoms with Crippen molar-refractivity contribution in [2.45, 2.75) is 51.5 Å². The summed E-state index contributed by atoms with van der Waals surface area (Å²) in [7, 11) is 1.74. The van der Waals surface area contributed by atoms with Gasteiger partial charge in [-0.1, -0.05) is 19.3 Å². The summed E-state index contributed by atoms with van der Waals surface area (Å²) in [5.41, 5.74) is 5.19. The lowest BCUT2D eigenvalue weighted by molar-refractivity contribution is 0.415. The molecule has 124 valence electrons. The molecule has 1 saturated carbocycles. The van der Waals surface area contributed by atoms with E-state index in [2.05, 4.69) is 24.0 Å². The number of hydrogen-bond acceptors (Lipinski definition) is 3. The third-order valence-electron chi connectivity index (χ3n) is 5.37. The average Bonchev–Trinajstić information content (AvgIpc) is 3.01. The number of methoxy groups -OCH3 is 1. The molecule has 4 rings (SSSR count). The number of aryl methyl sites for hydroxylation is 1. The molecular weight excluding hydrogens is 308 g/mol. The Morgan fingerprint density at radius 2 is 1.96 bits per heavy atom. The zero-order valence-corrected chi connectivity index (χ0v) is 14.8. The molecule has 0 bridgehead atoms. The lowest BCUT2D eigenvalue weighted by atomic mass is 9.94. The summed E-state index contributed by atoms with van der Waals surface area (Å²) in [5.74, 6) is 0.927. The summed E-state index contributed by atoms with van der Waals surface area (Å²) in [6, 6.07) is 6.99. The predicted molar refractivity (Wildman–Crippen MR) is 98.2 cm³/mol. The second kappa shape index (κ2) is 6.56. The highest BCUT2D eigenvalue weighted by Gasteiger charge is 2.30. The second-order valence-electron chi connectivity index (χ2n) is 6.64. The third kappa shape index (κ3) is 2.76. The molecule has 3 nitrogen and oxygen atoms in total. The van der Waals surface area contributed by atoms with Crippen LogP contribution in [-0.4, -0.2) is 24.7 Å². The molecule has 1 aliphatic heterocycles. The topological polar surface area (TPSA) is 25.4 Å². The van der Waals surface area contributed by atoms with Crippen LogP contribution in [0.15, 0.2) is 18.2 Å². The van der Waals surface area contributed by atoms with Gasteiger partial charge in [0.15, 0.2) is 0 Å². The van der Waals surface area contributed by atoms with Crippen molar-refractivity contribution in [3.63, 3.8) is 0 Å². The van der Waals surface area contributed by atoms with E-state index in [1.807, 2.05) is 6.07 Å². The smallest absolute Gasteiger partial charge is 0.119 e. The second-order valence-corrected chi connectivity index (χ2v) is 6.64. The quantitative estimate of drug-likeness (QED) is 0.799. The minimum atomic E-state index is 0. The molecule has 0 amide bonds. The van der Waals surface area contributed by atoms with E-state index in [-0.39, 0.29) is 12.4 Å². The van der Waals surface area contributed by atoms with Crippen LogP contribution in [-0.2, 0) is 6.42 Å². The van der Waals surface area contributed by atoms with Crippen LogP contribution in [0.3, 0.4) is 0 Å². The third-order valence-corrected chi connectivity index (χ3v) is 5.37. The van der Waals surface area contributed by atoms with E-state index in [1.165, 1.54) is 54.4 Å². The van der Waals surface area contributed by atoms with Crippen molar-refractivity contribution >= 4 is 29.0 Å².